The number of aromatic nitrogens is 2. The van der Waals surface area contributed by atoms with Gasteiger partial charge in [0.25, 0.3) is 17.7 Å². The van der Waals surface area contributed by atoms with Crippen molar-refractivity contribution in [3.63, 3.8) is 0 Å². The number of hydrogen-bond donors (Lipinski definition) is 9. The van der Waals surface area contributed by atoms with Crippen LogP contribution in [0.15, 0.2) is 58.5 Å². The molecule has 0 aliphatic rings. The van der Waals surface area contributed by atoms with Crippen molar-refractivity contribution in [2.45, 2.75) is 12.8 Å². The summed E-state index contributed by atoms with van der Waals surface area (Å²) in [5.41, 5.74) is 24.4. The standard InChI is InChI=1S/C27H33N11O3/c28-26(29)34-9-1-7-32-23(39)15-3-5-19-16(11-15)13-22(38-19)25(41)36-18-4-6-20-17(12-18)14-21(37-20)24(40)33-8-2-10-35-27(30)31/h3-6,11-14,37-38H,1-2,7-10H2,(H,32,39)(H,33,40)(H,36,41)(H4,28,29,34)(H4,30,31,35). The summed E-state index contributed by atoms with van der Waals surface area (Å²) in [5, 5.41) is 9.98. The minimum absolute atomic E-state index is 0.0156. The van der Waals surface area contributed by atoms with Crippen LogP contribution in [-0.4, -0.2) is 65.8 Å². The first-order valence-corrected chi connectivity index (χ1v) is 12.9. The second-order valence-corrected chi connectivity index (χ2v) is 9.26. The Hall–Kier alpha value is -5.53. The number of benzene rings is 2. The number of anilines is 1. The SMILES string of the molecule is NC(N)=NCCCNC(=O)c1ccc2[nH]c(C(=O)Nc3ccc4[nH]c(C(=O)NCCCN=C(N)N)cc4c3)cc2c1. The third-order valence-electron chi connectivity index (χ3n) is 6.08. The summed E-state index contributed by atoms with van der Waals surface area (Å²) in [6, 6.07) is 13.9. The minimum Gasteiger partial charge on any atom is -0.370 e. The van der Waals surface area contributed by atoms with Gasteiger partial charge in [-0.15, -0.1) is 0 Å². The van der Waals surface area contributed by atoms with E-state index in [1.165, 1.54) is 0 Å². The number of nitrogens with one attached hydrogen (secondary N) is 5. The second-order valence-electron chi connectivity index (χ2n) is 9.26. The highest BCUT2D eigenvalue weighted by Gasteiger charge is 2.14. The lowest BCUT2D eigenvalue weighted by molar-refractivity contribution is 0.0943. The number of H-pyrrole nitrogens is 2. The van der Waals surface area contributed by atoms with Gasteiger partial charge in [-0.2, -0.15) is 0 Å². The van der Waals surface area contributed by atoms with Gasteiger partial charge in [-0.1, -0.05) is 0 Å². The monoisotopic (exact) mass is 559 g/mol. The molecule has 0 spiro atoms. The van der Waals surface area contributed by atoms with E-state index in [1.54, 1.807) is 48.5 Å². The molecular weight excluding hydrogens is 526 g/mol. The number of aromatic amines is 2. The summed E-state index contributed by atoms with van der Waals surface area (Å²) >= 11 is 0. The molecule has 0 radical (unpaired) electrons. The number of aliphatic imine (C=N–C) groups is 2. The second kappa shape index (κ2) is 13.0. The van der Waals surface area contributed by atoms with Gasteiger partial charge in [-0.05, 0) is 61.4 Å². The van der Waals surface area contributed by atoms with Crippen LogP contribution in [0.3, 0.4) is 0 Å². The summed E-state index contributed by atoms with van der Waals surface area (Å²) in [5.74, 6) is -0.805. The van der Waals surface area contributed by atoms with E-state index in [0.717, 1.165) is 21.8 Å². The first-order valence-electron chi connectivity index (χ1n) is 12.9. The molecule has 41 heavy (non-hydrogen) atoms. The largest absolute Gasteiger partial charge is 0.370 e. The first kappa shape index (κ1) is 28.5. The molecule has 4 rings (SSSR count). The van der Waals surface area contributed by atoms with Crippen LogP contribution >= 0.6 is 0 Å². The van der Waals surface area contributed by atoms with Crippen molar-refractivity contribution in [2.24, 2.45) is 32.9 Å². The Bertz CT molecular complexity index is 1630. The molecule has 4 aromatic rings. The average molecular weight is 560 g/mol. The van der Waals surface area contributed by atoms with Crippen molar-refractivity contribution in [2.75, 3.05) is 31.5 Å². The van der Waals surface area contributed by atoms with Crippen LogP contribution in [0.5, 0.6) is 0 Å². The van der Waals surface area contributed by atoms with Gasteiger partial charge >= 0.3 is 0 Å². The van der Waals surface area contributed by atoms with Crippen molar-refractivity contribution in [1.29, 1.82) is 0 Å². The summed E-state index contributed by atoms with van der Waals surface area (Å²) < 4.78 is 0. The van der Waals surface area contributed by atoms with Crippen molar-refractivity contribution in [1.82, 2.24) is 20.6 Å². The van der Waals surface area contributed by atoms with Crippen LogP contribution in [0.25, 0.3) is 21.8 Å². The molecule has 0 atom stereocenters. The number of amides is 3. The van der Waals surface area contributed by atoms with Crippen molar-refractivity contribution in [3.8, 4) is 0 Å². The van der Waals surface area contributed by atoms with Gasteiger partial charge in [0.1, 0.15) is 11.4 Å². The third-order valence-corrected chi connectivity index (χ3v) is 6.08. The fourth-order valence-corrected chi connectivity index (χ4v) is 4.10. The summed E-state index contributed by atoms with van der Waals surface area (Å²) in [6.07, 6.45) is 1.20. The van der Waals surface area contributed by atoms with Crippen LogP contribution in [0.4, 0.5) is 5.69 Å². The molecule has 14 heteroatoms. The van der Waals surface area contributed by atoms with Crippen molar-refractivity contribution < 1.29 is 14.4 Å². The van der Waals surface area contributed by atoms with Crippen molar-refractivity contribution in [3.05, 3.63) is 65.5 Å². The maximum Gasteiger partial charge on any atom is 0.272 e. The Morgan fingerprint density at radius 2 is 1.20 bits per heavy atom. The van der Waals surface area contributed by atoms with Gasteiger partial charge in [-0.25, -0.2) is 0 Å². The molecule has 0 saturated carbocycles. The number of hydrogen-bond acceptors (Lipinski definition) is 5. The molecule has 2 aromatic heterocycles. The van der Waals surface area contributed by atoms with Crippen LogP contribution in [-0.2, 0) is 0 Å². The molecule has 2 aromatic carbocycles. The van der Waals surface area contributed by atoms with Gasteiger partial charge in [-0.3, -0.25) is 24.4 Å². The van der Waals surface area contributed by atoms with Gasteiger partial charge in [0, 0.05) is 59.2 Å². The van der Waals surface area contributed by atoms with Gasteiger partial charge in [0.05, 0.1) is 0 Å². The zero-order chi connectivity index (χ0) is 29.4. The topological polar surface area (TPSA) is 248 Å². The van der Waals surface area contributed by atoms with E-state index in [-0.39, 0.29) is 29.6 Å². The normalized spacial score (nSPS) is 10.7. The lowest BCUT2D eigenvalue weighted by atomic mass is 10.1. The molecule has 2 heterocycles. The van der Waals surface area contributed by atoms with E-state index >= 15 is 0 Å². The number of carbonyl (C=O) groups is 3. The van der Waals surface area contributed by atoms with Crippen LogP contribution in [0, 0.1) is 0 Å². The van der Waals surface area contributed by atoms with E-state index in [9.17, 15) is 14.4 Å². The maximum atomic E-state index is 13.0. The zero-order valence-corrected chi connectivity index (χ0v) is 22.3. The molecule has 0 aliphatic heterocycles. The van der Waals surface area contributed by atoms with E-state index < -0.39 is 0 Å². The molecule has 0 fully saturated rings. The van der Waals surface area contributed by atoms with E-state index in [1.807, 2.05) is 0 Å². The minimum atomic E-state index is -0.347. The van der Waals surface area contributed by atoms with E-state index in [0.29, 0.717) is 61.7 Å². The number of guanidine groups is 2. The van der Waals surface area contributed by atoms with E-state index in [2.05, 4.69) is 35.9 Å². The van der Waals surface area contributed by atoms with Gasteiger partial charge in [0.15, 0.2) is 11.9 Å². The Labute approximate surface area is 235 Å². The Morgan fingerprint density at radius 3 is 1.80 bits per heavy atom. The smallest absolute Gasteiger partial charge is 0.272 e. The summed E-state index contributed by atoms with van der Waals surface area (Å²) in [7, 11) is 0. The molecule has 214 valence electrons. The fraction of sp³-hybridized carbons (Fsp3) is 0.222. The highest BCUT2D eigenvalue weighted by atomic mass is 16.2. The predicted molar refractivity (Wildman–Crippen MR) is 160 cm³/mol. The fourth-order valence-electron chi connectivity index (χ4n) is 4.10. The molecule has 13 N–H and O–H groups in total. The Kier molecular flexibility index (Phi) is 9.04. The lowest BCUT2D eigenvalue weighted by Gasteiger charge is -2.04. The summed E-state index contributed by atoms with van der Waals surface area (Å²) in [4.78, 5) is 51.8. The third kappa shape index (κ3) is 7.75. The van der Waals surface area contributed by atoms with Crippen LogP contribution in [0.2, 0.25) is 0 Å². The summed E-state index contributed by atoms with van der Waals surface area (Å²) in [6.45, 7) is 1.69. The molecule has 0 unspecified atom stereocenters. The number of nitrogens with zero attached hydrogens (tertiary/aromatic N) is 2. The zero-order valence-electron chi connectivity index (χ0n) is 22.3. The Morgan fingerprint density at radius 1 is 0.659 bits per heavy atom. The molecule has 3 amide bonds. The van der Waals surface area contributed by atoms with Crippen LogP contribution < -0.4 is 38.9 Å². The molecular formula is C27H33N11O3. The number of rotatable bonds is 12. The predicted octanol–water partition coefficient (Wildman–Crippen LogP) is 0.688. The number of fused-ring (bicyclic) bond motifs is 2. The van der Waals surface area contributed by atoms with Gasteiger partial charge < -0.3 is 48.9 Å². The first-order chi connectivity index (χ1) is 19.7. The maximum absolute atomic E-state index is 13.0. The Balaban J connectivity index is 1.36. The highest BCUT2D eigenvalue weighted by molar-refractivity contribution is 6.08. The highest BCUT2D eigenvalue weighted by Crippen LogP contribution is 2.22. The molecule has 0 bridgehead atoms. The van der Waals surface area contributed by atoms with Crippen LogP contribution in [0.1, 0.15) is 44.2 Å². The number of carbonyl (C=O) groups excluding carboxylic acids is 3. The average Bonchev–Trinajstić information content (AvgIpc) is 3.56. The van der Waals surface area contributed by atoms with Crippen molar-refractivity contribution >= 4 is 57.1 Å². The number of nitrogens with two attached hydrogens (primary N) is 4. The molecule has 14 nitrogen and oxygen atoms in total. The molecule has 0 saturated heterocycles. The lowest BCUT2D eigenvalue weighted by Crippen LogP contribution is -2.26. The van der Waals surface area contributed by atoms with Gasteiger partial charge in [0.2, 0.25) is 0 Å². The quantitative estimate of drug-likeness (QED) is 0.0681. The van der Waals surface area contributed by atoms with E-state index in [4.69, 9.17) is 22.9 Å². The molecule has 0 aliphatic carbocycles.